The largest absolute Gasteiger partial charge is 0.508 e. The SMILES string of the molecule is N=C1N[C@]2(CC(=O)N1C1CC3(COC3)C1)Cc1c(Nc3ccc(O)cc3)cccc12. The molecule has 1 amide bonds. The van der Waals surface area contributed by atoms with E-state index in [-0.39, 0.29) is 29.1 Å². The van der Waals surface area contributed by atoms with Crippen LogP contribution in [0.3, 0.4) is 0 Å². The van der Waals surface area contributed by atoms with Crippen LogP contribution >= 0.6 is 0 Å². The molecule has 2 aliphatic carbocycles. The van der Waals surface area contributed by atoms with Gasteiger partial charge < -0.3 is 20.5 Å². The number of nitrogens with one attached hydrogen (secondary N) is 3. The van der Waals surface area contributed by atoms with Gasteiger partial charge in [-0.3, -0.25) is 15.1 Å². The molecule has 1 saturated carbocycles. The van der Waals surface area contributed by atoms with Gasteiger partial charge in [0, 0.05) is 29.3 Å². The number of guanidine groups is 1. The summed E-state index contributed by atoms with van der Waals surface area (Å²) in [5.41, 5.74) is 3.93. The minimum atomic E-state index is -0.479. The number of hydrogen-bond acceptors (Lipinski definition) is 5. The Morgan fingerprint density at radius 3 is 2.57 bits per heavy atom. The molecule has 0 bridgehead atoms. The van der Waals surface area contributed by atoms with E-state index in [1.54, 1.807) is 17.0 Å². The molecule has 2 aliphatic heterocycles. The maximum absolute atomic E-state index is 13.1. The maximum Gasteiger partial charge on any atom is 0.232 e. The van der Waals surface area contributed by atoms with Crippen LogP contribution in [0.15, 0.2) is 42.5 Å². The Morgan fingerprint density at radius 1 is 1.13 bits per heavy atom. The predicted octanol–water partition coefficient (Wildman–Crippen LogP) is 2.82. The third kappa shape index (κ3) is 2.48. The Labute approximate surface area is 174 Å². The average molecular weight is 404 g/mol. The smallest absolute Gasteiger partial charge is 0.232 e. The fourth-order valence-corrected chi connectivity index (χ4v) is 5.54. The van der Waals surface area contributed by atoms with E-state index in [1.807, 2.05) is 30.3 Å². The van der Waals surface area contributed by atoms with Crippen LogP contribution in [0.4, 0.5) is 11.4 Å². The Kier molecular flexibility index (Phi) is 3.54. The van der Waals surface area contributed by atoms with Crippen molar-refractivity contribution in [2.45, 2.75) is 37.3 Å². The van der Waals surface area contributed by atoms with Crippen LogP contribution in [0.25, 0.3) is 0 Å². The molecule has 2 saturated heterocycles. The summed E-state index contributed by atoms with van der Waals surface area (Å²) in [6.45, 7) is 1.58. The molecule has 1 atom stereocenters. The molecule has 4 aliphatic rings. The van der Waals surface area contributed by atoms with Gasteiger partial charge >= 0.3 is 0 Å². The fourth-order valence-electron chi connectivity index (χ4n) is 5.54. The molecule has 2 heterocycles. The Morgan fingerprint density at radius 2 is 1.90 bits per heavy atom. The van der Waals surface area contributed by atoms with E-state index in [2.05, 4.69) is 10.6 Å². The third-order valence-corrected chi connectivity index (χ3v) is 7.16. The lowest BCUT2D eigenvalue weighted by atomic mass is 9.62. The summed E-state index contributed by atoms with van der Waals surface area (Å²) in [6, 6.07) is 13.1. The Bertz CT molecular complexity index is 1030. The number of benzene rings is 2. The van der Waals surface area contributed by atoms with Gasteiger partial charge in [-0.05, 0) is 54.3 Å². The van der Waals surface area contributed by atoms with Gasteiger partial charge in [0.1, 0.15) is 5.75 Å². The zero-order valence-electron chi connectivity index (χ0n) is 16.6. The van der Waals surface area contributed by atoms with Gasteiger partial charge in [-0.25, -0.2) is 0 Å². The number of ether oxygens (including phenoxy) is 1. The molecule has 6 rings (SSSR count). The first-order valence-electron chi connectivity index (χ1n) is 10.4. The summed E-state index contributed by atoms with van der Waals surface area (Å²) in [7, 11) is 0. The molecule has 7 heteroatoms. The highest BCUT2D eigenvalue weighted by atomic mass is 16.5. The normalized spacial score (nSPS) is 26.5. The second-order valence-electron chi connectivity index (χ2n) is 9.23. The number of nitrogens with zero attached hydrogens (tertiary/aromatic N) is 1. The second kappa shape index (κ2) is 5.98. The van der Waals surface area contributed by atoms with Crippen LogP contribution in [0, 0.1) is 10.8 Å². The van der Waals surface area contributed by atoms with E-state index < -0.39 is 5.54 Å². The minimum Gasteiger partial charge on any atom is -0.508 e. The highest BCUT2D eigenvalue weighted by Crippen LogP contribution is 2.52. The van der Waals surface area contributed by atoms with E-state index in [4.69, 9.17) is 10.1 Å². The molecule has 2 spiro atoms. The van der Waals surface area contributed by atoms with Crippen molar-refractivity contribution in [1.29, 1.82) is 5.41 Å². The van der Waals surface area contributed by atoms with E-state index >= 15 is 0 Å². The van der Waals surface area contributed by atoms with Crippen LogP contribution in [0.5, 0.6) is 5.75 Å². The van der Waals surface area contributed by atoms with Crippen molar-refractivity contribution in [3.8, 4) is 5.75 Å². The summed E-state index contributed by atoms with van der Waals surface area (Å²) in [4.78, 5) is 14.7. The number of carbonyl (C=O) groups excluding carboxylic acids is 1. The molecular formula is C23H24N4O3. The number of phenolic OH excluding ortho intramolecular Hbond substituents is 1. The number of hydrogen-bond donors (Lipinski definition) is 4. The molecule has 154 valence electrons. The van der Waals surface area contributed by atoms with E-state index in [0.29, 0.717) is 12.8 Å². The summed E-state index contributed by atoms with van der Waals surface area (Å²) in [5.74, 6) is 0.506. The molecule has 30 heavy (non-hydrogen) atoms. The second-order valence-corrected chi connectivity index (χ2v) is 9.23. The molecule has 4 N–H and O–H groups in total. The topological polar surface area (TPSA) is 97.7 Å². The first-order valence-corrected chi connectivity index (χ1v) is 10.4. The van der Waals surface area contributed by atoms with Crippen molar-refractivity contribution in [3.05, 3.63) is 53.6 Å². The number of amides is 1. The quantitative estimate of drug-likeness (QED) is 0.590. The summed E-state index contributed by atoms with van der Waals surface area (Å²) < 4.78 is 5.34. The maximum atomic E-state index is 13.1. The van der Waals surface area contributed by atoms with Gasteiger partial charge in [0.2, 0.25) is 5.91 Å². The van der Waals surface area contributed by atoms with E-state index in [1.165, 1.54) is 5.56 Å². The van der Waals surface area contributed by atoms with Crippen LogP contribution in [0.1, 0.15) is 30.4 Å². The highest BCUT2D eigenvalue weighted by Gasteiger charge is 2.57. The lowest BCUT2D eigenvalue weighted by Gasteiger charge is -2.58. The minimum absolute atomic E-state index is 0.0430. The van der Waals surface area contributed by atoms with Crippen molar-refractivity contribution in [2.75, 3.05) is 18.5 Å². The molecule has 0 unspecified atom stereocenters. The zero-order chi connectivity index (χ0) is 20.5. The molecule has 2 aromatic carbocycles. The zero-order valence-corrected chi connectivity index (χ0v) is 16.6. The fraction of sp³-hybridized carbons (Fsp3) is 0.391. The number of fused-ring (bicyclic) bond motifs is 2. The molecule has 2 aromatic rings. The van der Waals surface area contributed by atoms with E-state index in [9.17, 15) is 9.90 Å². The number of anilines is 2. The molecule has 0 radical (unpaired) electrons. The lowest BCUT2D eigenvalue weighted by molar-refractivity contribution is -0.183. The standard InChI is InChI=1S/C23H24N4O3/c24-21-26-23(11-20(29)27(21)15-8-22(9-15)12-30-13-22)10-17-18(23)2-1-3-19(17)25-14-4-6-16(28)7-5-14/h1-7,15,25,28H,8-13H2,(H2,24,26)/t23-/m0/s1. The Balaban J connectivity index is 1.21. The van der Waals surface area contributed by atoms with Gasteiger partial charge in [0.25, 0.3) is 0 Å². The Hall–Kier alpha value is -3.06. The number of carbonyl (C=O) groups is 1. The number of aromatic hydroxyl groups is 1. The first kappa shape index (κ1) is 17.8. The van der Waals surface area contributed by atoms with Crippen LogP contribution in [0.2, 0.25) is 0 Å². The van der Waals surface area contributed by atoms with Crippen molar-refractivity contribution in [2.24, 2.45) is 5.41 Å². The molecule has 0 aromatic heterocycles. The average Bonchev–Trinajstić information content (AvgIpc) is 2.64. The van der Waals surface area contributed by atoms with Gasteiger partial charge in [-0.15, -0.1) is 0 Å². The van der Waals surface area contributed by atoms with Crippen LogP contribution in [-0.4, -0.2) is 41.1 Å². The monoisotopic (exact) mass is 404 g/mol. The highest BCUT2D eigenvalue weighted by molar-refractivity contribution is 6.00. The van der Waals surface area contributed by atoms with Crippen molar-refractivity contribution >= 4 is 23.2 Å². The van der Waals surface area contributed by atoms with Gasteiger partial charge in [0.05, 0.1) is 25.2 Å². The third-order valence-electron chi connectivity index (χ3n) is 7.16. The molecular weight excluding hydrogens is 380 g/mol. The lowest BCUT2D eigenvalue weighted by Crippen LogP contribution is -2.70. The molecule has 7 nitrogen and oxygen atoms in total. The molecule has 3 fully saturated rings. The van der Waals surface area contributed by atoms with Crippen LogP contribution in [-0.2, 0) is 21.5 Å². The predicted molar refractivity (Wildman–Crippen MR) is 112 cm³/mol. The number of rotatable bonds is 3. The van der Waals surface area contributed by atoms with Gasteiger partial charge in [-0.2, -0.15) is 0 Å². The van der Waals surface area contributed by atoms with Gasteiger partial charge in [0.15, 0.2) is 5.96 Å². The summed E-state index contributed by atoms with van der Waals surface area (Å²) in [6.07, 6.45) is 2.96. The summed E-state index contributed by atoms with van der Waals surface area (Å²) >= 11 is 0. The number of phenols is 1. The first-order chi connectivity index (χ1) is 14.5. The van der Waals surface area contributed by atoms with Crippen molar-refractivity contribution in [3.63, 3.8) is 0 Å². The summed E-state index contributed by atoms with van der Waals surface area (Å²) in [5, 5.41) is 24.8. The van der Waals surface area contributed by atoms with Crippen molar-refractivity contribution < 1.29 is 14.6 Å². The van der Waals surface area contributed by atoms with Crippen molar-refractivity contribution in [1.82, 2.24) is 10.2 Å². The van der Waals surface area contributed by atoms with Gasteiger partial charge in [-0.1, -0.05) is 12.1 Å². The van der Waals surface area contributed by atoms with E-state index in [0.717, 1.165) is 43.0 Å². The van der Waals surface area contributed by atoms with Crippen LogP contribution < -0.4 is 10.6 Å².